The van der Waals surface area contributed by atoms with Gasteiger partial charge in [0, 0.05) is 40.0 Å². The molecule has 2 heterocycles. The lowest BCUT2D eigenvalue weighted by atomic mass is 9.98. The maximum absolute atomic E-state index is 11.8. The molecule has 33 heavy (non-hydrogen) atoms. The fourth-order valence-electron chi connectivity index (χ4n) is 2.99. The molecule has 1 saturated heterocycles. The summed E-state index contributed by atoms with van der Waals surface area (Å²) in [6.45, 7) is 6.25. The molecule has 0 spiro atoms. The van der Waals surface area contributed by atoms with Crippen molar-refractivity contribution in [2.45, 2.75) is 65.3 Å². The van der Waals surface area contributed by atoms with E-state index in [0.29, 0.717) is 6.61 Å². The Bertz CT molecular complexity index is 862. The second kappa shape index (κ2) is 11.9. The van der Waals surface area contributed by atoms with Gasteiger partial charge in [0.05, 0.1) is 6.61 Å². The lowest BCUT2D eigenvalue weighted by Gasteiger charge is -2.43. The van der Waals surface area contributed by atoms with Gasteiger partial charge in [-0.2, -0.15) is 4.98 Å². The normalized spacial score (nSPS) is 24.2. The van der Waals surface area contributed by atoms with Crippen LogP contribution in [0.5, 0.6) is 11.9 Å². The summed E-state index contributed by atoms with van der Waals surface area (Å²) in [4.78, 5) is 54.7. The van der Waals surface area contributed by atoms with Crippen LogP contribution in [0.1, 0.15) is 34.6 Å². The second-order valence-corrected chi connectivity index (χ2v) is 6.80. The number of hydrogen-bond donors (Lipinski definition) is 0. The average molecular weight is 470 g/mol. The van der Waals surface area contributed by atoms with Gasteiger partial charge in [-0.15, -0.1) is 0 Å². The van der Waals surface area contributed by atoms with Crippen LogP contribution in [0.3, 0.4) is 0 Å². The van der Waals surface area contributed by atoms with E-state index in [-0.39, 0.29) is 18.5 Å². The molecular formula is C20H26N2O11. The van der Waals surface area contributed by atoms with Gasteiger partial charge < -0.3 is 33.2 Å². The lowest BCUT2D eigenvalue weighted by Crippen LogP contribution is -2.63. The first-order valence-corrected chi connectivity index (χ1v) is 10.0. The summed E-state index contributed by atoms with van der Waals surface area (Å²) in [6.07, 6.45) is -5.14. The molecule has 0 aliphatic carbocycles. The molecular weight excluding hydrogens is 444 g/mol. The van der Waals surface area contributed by atoms with Crippen molar-refractivity contribution in [2.75, 3.05) is 13.2 Å². The van der Waals surface area contributed by atoms with Gasteiger partial charge in [-0.25, -0.2) is 4.98 Å². The third-order valence-corrected chi connectivity index (χ3v) is 4.07. The fraction of sp³-hybridized carbons (Fsp3) is 0.600. The van der Waals surface area contributed by atoms with Crippen LogP contribution < -0.4 is 9.47 Å². The van der Waals surface area contributed by atoms with Gasteiger partial charge in [0.15, 0.2) is 12.2 Å². The average Bonchev–Trinajstić information content (AvgIpc) is 2.70. The van der Waals surface area contributed by atoms with E-state index in [4.69, 9.17) is 33.2 Å². The zero-order valence-corrected chi connectivity index (χ0v) is 18.8. The Kier molecular flexibility index (Phi) is 9.33. The summed E-state index contributed by atoms with van der Waals surface area (Å²) < 4.78 is 37.8. The molecule has 0 radical (unpaired) electrons. The number of esters is 4. The van der Waals surface area contributed by atoms with Crippen LogP contribution in [-0.4, -0.2) is 77.8 Å². The van der Waals surface area contributed by atoms with E-state index in [1.165, 1.54) is 19.2 Å². The quantitative estimate of drug-likeness (QED) is 0.359. The van der Waals surface area contributed by atoms with Crippen molar-refractivity contribution in [1.82, 2.24) is 9.97 Å². The largest absolute Gasteiger partial charge is 0.464 e. The molecule has 0 N–H and O–H groups in total. The highest BCUT2D eigenvalue weighted by atomic mass is 16.7. The highest BCUT2D eigenvalue weighted by Crippen LogP contribution is 2.30. The molecule has 5 atom stereocenters. The Morgan fingerprint density at radius 3 is 2.09 bits per heavy atom. The van der Waals surface area contributed by atoms with Gasteiger partial charge in [0.1, 0.15) is 12.7 Å². The van der Waals surface area contributed by atoms with E-state index in [1.807, 2.05) is 0 Å². The van der Waals surface area contributed by atoms with Gasteiger partial charge in [0.2, 0.25) is 18.3 Å². The maximum Gasteiger partial charge on any atom is 0.319 e. The first-order chi connectivity index (χ1) is 15.6. The van der Waals surface area contributed by atoms with E-state index < -0.39 is 54.6 Å². The smallest absolute Gasteiger partial charge is 0.319 e. The monoisotopic (exact) mass is 470 g/mol. The molecule has 182 valence electrons. The van der Waals surface area contributed by atoms with Gasteiger partial charge in [-0.1, -0.05) is 0 Å². The number of aromatic nitrogens is 2. The summed E-state index contributed by atoms with van der Waals surface area (Å²) in [5, 5.41) is 0. The zero-order chi connectivity index (χ0) is 24.5. The fourth-order valence-corrected chi connectivity index (χ4v) is 2.99. The minimum Gasteiger partial charge on any atom is -0.464 e. The number of carbonyl (C=O) groups is 4. The number of rotatable bonds is 9. The highest BCUT2D eigenvalue weighted by Gasteiger charge is 2.53. The Balaban J connectivity index is 2.44. The van der Waals surface area contributed by atoms with Crippen molar-refractivity contribution in [3.8, 4) is 11.9 Å². The van der Waals surface area contributed by atoms with Crippen LogP contribution in [-0.2, 0) is 42.9 Å². The zero-order valence-electron chi connectivity index (χ0n) is 18.8. The molecule has 2 rings (SSSR count). The molecule has 1 aromatic heterocycles. The van der Waals surface area contributed by atoms with Crippen LogP contribution in [0.15, 0.2) is 12.3 Å². The maximum atomic E-state index is 11.8. The molecule has 0 amide bonds. The van der Waals surface area contributed by atoms with Crippen molar-refractivity contribution < 1.29 is 52.3 Å². The Labute approximate surface area is 189 Å². The molecule has 0 aromatic carbocycles. The summed E-state index contributed by atoms with van der Waals surface area (Å²) in [6, 6.07) is 1.43. The van der Waals surface area contributed by atoms with Crippen LogP contribution in [0.4, 0.5) is 0 Å². The molecule has 1 aliphatic heterocycles. The summed E-state index contributed by atoms with van der Waals surface area (Å²) in [7, 11) is 0. The van der Waals surface area contributed by atoms with E-state index in [9.17, 15) is 19.2 Å². The van der Waals surface area contributed by atoms with Crippen LogP contribution in [0.25, 0.3) is 0 Å². The van der Waals surface area contributed by atoms with E-state index in [0.717, 1.165) is 20.8 Å². The number of carbonyl (C=O) groups excluding carboxylic acids is 4. The molecule has 0 bridgehead atoms. The lowest BCUT2D eigenvalue weighted by molar-refractivity contribution is -0.289. The number of nitrogens with zero attached hydrogens (tertiary/aromatic N) is 2. The van der Waals surface area contributed by atoms with Crippen molar-refractivity contribution in [3.05, 3.63) is 12.3 Å². The van der Waals surface area contributed by atoms with Crippen molar-refractivity contribution in [3.63, 3.8) is 0 Å². The van der Waals surface area contributed by atoms with Gasteiger partial charge in [-0.05, 0) is 6.92 Å². The van der Waals surface area contributed by atoms with E-state index in [1.54, 1.807) is 6.92 Å². The van der Waals surface area contributed by atoms with Crippen LogP contribution >= 0.6 is 0 Å². The third kappa shape index (κ3) is 7.86. The van der Waals surface area contributed by atoms with Gasteiger partial charge in [-0.3, -0.25) is 19.2 Å². The Morgan fingerprint density at radius 1 is 0.909 bits per heavy atom. The van der Waals surface area contributed by atoms with E-state index >= 15 is 0 Å². The Hall–Kier alpha value is -3.48. The summed E-state index contributed by atoms with van der Waals surface area (Å²) in [5.41, 5.74) is 0. The predicted molar refractivity (Wildman–Crippen MR) is 106 cm³/mol. The minimum absolute atomic E-state index is 0.00523. The van der Waals surface area contributed by atoms with E-state index in [2.05, 4.69) is 9.97 Å². The number of ether oxygens (including phenoxy) is 7. The second-order valence-electron chi connectivity index (χ2n) is 6.80. The van der Waals surface area contributed by atoms with Crippen molar-refractivity contribution in [2.24, 2.45) is 0 Å². The summed E-state index contributed by atoms with van der Waals surface area (Å²) >= 11 is 0. The predicted octanol–water partition coefficient (Wildman–Crippen LogP) is 0.337. The first-order valence-electron chi connectivity index (χ1n) is 10.0. The van der Waals surface area contributed by atoms with Gasteiger partial charge >= 0.3 is 29.9 Å². The molecule has 13 heteroatoms. The molecule has 0 unspecified atom stereocenters. The molecule has 1 aliphatic rings. The van der Waals surface area contributed by atoms with Crippen molar-refractivity contribution >= 4 is 23.9 Å². The SMILES string of the molecule is CCOc1nccc(O[C@@H]2O[C@H](COC(C)=O)[C@@H](OC(C)=O)[C@H](OC(C)=O)[C@H]2OC(C)=O)n1. The van der Waals surface area contributed by atoms with Gasteiger partial charge in [0.25, 0.3) is 0 Å². The molecule has 0 saturated carbocycles. The topological polar surface area (TPSA) is 159 Å². The first kappa shape index (κ1) is 25.8. The summed E-state index contributed by atoms with van der Waals surface area (Å²) in [5.74, 6) is -2.85. The van der Waals surface area contributed by atoms with Crippen molar-refractivity contribution in [1.29, 1.82) is 0 Å². The third-order valence-electron chi connectivity index (χ3n) is 4.07. The number of hydrogen-bond acceptors (Lipinski definition) is 13. The molecule has 1 fully saturated rings. The molecule has 1 aromatic rings. The Morgan fingerprint density at radius 2 is 1.52 bits per heavy atom. The van der Waals surface area contributed by atoms with Crippen LogP contribution in [0, 0.1) is 0 Å². The van der Waals surface area contributed by atoms with Crippen LogP contribution in [0.2, 0.25) is 0 Å². The minimum atomic E-state index is -1.39. The molecule has 13 nitrogen and oxygen atoms in total. The highest BCUT2D eigenvalue weighted by molar-refractivity contribution is 5.68. The standard InChI is InChI=1S/C20H26N2O11/c1-6-27-20-21-8-7-15(22-20)33-19-18(31-13(5)26)17(30-12(4)25)16(29-11(3)24)14(32-19)9-28-10(2)23/h7-8,14,16-19H,6,9H2,1-5H3/t14-,16-,17+,18-,19+/m1/s1.